The molecule has 0 fully saturated rings. The van der Waals surface area contributed by atoms with E-state index >= 15 is 0 Å². The average Bonchev–Trinajstić information content (AvgIpc) is 3.73. The smallest absolute Gasteiger partial charge is 0.227 e. The van der Waals surface area contributed by atoms with E-state index in [2.05, 4.69) is 107 Å². The van der Waals surface area contributed by atoms with Crippen molar-refractivity contribution >= 4 is 54.7 Å². The lowest BCUT2D eigenvalue weighted by Gasteiger charge is -2.11. The number of fused-ring (bicyclic) bond motifs is 8. The highest BCUT2D eigenvalue weighted by molar-refractivity contribution is 6.22. The number of oxazole rings is 1. The first kappa shape index (κ1) is 22.2. The molecule has 1 N–H and O–H groups in total. The summed E-state index contributed by atoms with van der Waals surface area (Å²) in [6.45, 7) is 0. The predicted molar refractivity (Wildman–Crippen MR) is 169 cm³/mol. The molecule has 4 heteroatoms. The Balaban J connectivity index is 1.31. The zero-order valence-electron chi connectivity index (χ0n) is 22.0. The normalized spacial score (nSPS) is 11.9. The fraction of sp³-hybridized carbons (Fsp3) is 0. The average molecular weight is 526 g/mol. The van der Waals surface area contributed by atoms with E-state index in [4.69, 9.17) is 9.40 Å². The third-order valence-corrected chi connectivity index (χ3v) is 8.16. The molecule has 0 atom stereocenters. The van der Waals surface area contributed by atoms with Crippen molar-refractivity contribution in [3.8, 4) is 28.3 Å². The number of hydrogen-bond donors (Lipinski definition) is 1. The fourth-order valence-electron chi connectivity index (χ4n) is 6.33. The van der Waals surface area contributed by atoms with Gasteiger partial charge in [-0.15, -0.1) is 0 Å². The van der Waals surface area contributed by atoms with E-state index in [1.54, 1.807) is 0 Å². The van der Waals surface area contributed by atoms with Gasteiger partial charge in [-0.3, -0.25) is 0 Å². The molecule has 192 valence electrons. The number of nitrogens with zero attached hydrogens (tertiary/aromatic N) is 2. The van der Waals surface area contributed by atoms with E-state index in [-0.39, 0.29) is 0 Å². The third kappa shape index (κ3) is 3.25. The highest BCUT2D eigenvalue weighted by Crippen LogP contribution is 2.40. The maximum absolute atomic E-state index is 6.38. The second-order valence-electron chi connectivity index (χ2n) is 10.5. The van der Waals surface area contributed by atoms with Crippen molar-refractivity contribution in [3.05, 3.63) is 133 Å². The zero-order valence-corrected chi connectivity index (χ0v) is 22.0. The third-order valence-electron chi connectivity index (χ3n) is 8.16. The van der Waals surface area contributed by atoms with Crippen LogP contribution in [0, 0.1) is 0 Å². The summed E-state index contributed by atoms with van der Waals surface area (Å²) in [5.41, 5.74) is 10.5. The number of hydrogen-bond acceptors (Lipinski definition) is 2. The van der Waals surface area contributed by atoms with Gasteiger partial charge in [-0.25, -0.2) is 4.98 Å². The molecular formula is C37H23N3O. The first-order chi connectivity index (χ1) is 20.3. The quantitative estimate of drug-likeness (QED) is 0.249. The first-order valence-electron chi connectivity index (χ1n) is 13.8. The summed E-state index contributed by atoms with van der Waals surface area (Å²) >= 11 is 0. The van der Waals surface area contributed by atoms with Crippen LogP contribution in [0.25, 0.3) is 83.0 Å². The number of aromatic nitrogens is 3. The zero-order chi connectivity index (χ0) is 26.9. The maximum Gasteiger partial charge on any atom is 0.227 e. The molecule has 41 heavy (non-hydrogen) atoms. The van der Waals surface area contributed by atoms with Crippen molar-refractivity contribution in [2.75, 3.05) is 0 Å². The number of para-hydroxylation sites is 3. The van der Waals surface area contributed by atoms with E-state index in [0.717, 1.165) is 44.5 Å². The monoisotopic (exact) mass is 525 g/mol. The Bertz CT molecular complexity index is 2420. The molecule has 0 radical (unpaired) electrons. The van der Waals surface area contributed by atoms with Crippen LogP contribution < -0.4 is 0 Å². The molecule has 0 bridgehead atoms. The van der Waals surface area contributed by atoms with Gasteiger partial charge in [0.15, 0.2) is 5.58 Å². The molecular weight excluding hydrogens is 502 g/mol. The number of benzene rings is 6. The molecule has 4 nitrogen and oxygen atoms in total. The Hall–Kier alpha value is -5.61. The number of aromatic amines is 1. The molecule has 9 aromatic rings. The minimum absolute atomic E-state index is 0.632. The van der Waals surface area contributed by atoms with Crippen LogP contribution in [0.2, 0.25) is 0 Å². The van der Waals surface area contributed by atoms with Crippen LogP contribution >= 0.6 is 0 Å². The molecule has 3 heterocycles. The SMILES string of the molecule is c1ccc(-c2nc3cccc(-c4cccc(-n5c6ccccc6c6ccc7c8ccccc8[nH]c7c65)c4)c3o2)cc1. The molecule has 0 unspecified atom stereocenters. The van der Waals surface area contributed by atoms with E-state index in [0.29, 0.717) is 5.89 Å². The van der Waals surface area contributed by atoms with Gasteiger partial charge in [-0.05, 0) is 48.0 Å². The van der Waals surface area contributed by atoms with Crippen LogP contribution in [0.4, 0.5) is 0 Å². The minimum Gasteiger partial charge on any atom is -0.435 e. The molecule has 3 aromatic heterocycles. The molecule has 0 saturated heterocycles. The minimum atomic E-state index is 0.632. The highest BCUT2D eigenvalue weighted by atomic mass is 16.3. The van der Waals surface area contributed by atoms with Crippen LogP contribution in [0.5, 0.6) is 0 Å². The highest BCUT2D eigenvalue weighted by Gasteiger charge is 2.18. The molecule has 6 aromatic carbocycles. The van der Waals surface area contributed by atoms with Gasteiger partial charge >= 0.3 is 0 Å². The molecule has 0 aliphatic carbocycles. The second-order valence-corrected chi connectivity index (χ2v) is 10.5. The molecule has 0 aliphatic heterocycles. The van der Waals surface area contributed by atoms with Crippen LogP contribution in [0.1, 0.15) is 0 Å². The van der Waals surface area contributed by atoms with Crippen LogP contribution in [0.3, 0.4) is 0 Å². The van der Waals surface area contributed by atoms with Gasteiger partial charge in [-0.1, -0.05) is 91.0 Å². The standard InChI is InChI=1S/C37H23N3O/c1-2-10-23(11-3-1)37-39-32-18-9-16-26(36(32)41-37)24-12-8-13-25(22-24)40-33-19-7-5-15-28(33)30-21-20-29-27-14-4-6-17-31(27)38-34(29)35(30)40/h1-22,38H. The lowest BCUT2D eigenvalue weighted by molar-refractivity contribution is 0.621. The van der Waals surface area contributed by atoms with Gasteiger partial charge in [-0.2, -0.15) is 0 Å². The Kier molecular flexibility index (Phi) is 4.58. The Morgan fingerprint density at radius 2 is 1.34 bits per heavy atom. The van der Waals surface area contributed by atoms with Gasteiger partial charge in [0.2, 0.25) is 5.89 Å². The Morgan fingerprint density at radius 1 is 0.585 bits per heavy atom. The van der Waals surface area contributed by atoms with Crippen molar-refractivity contribution in [1.29, 1.82) is 0 Å². The van der Waals surface area contributed by atoms with Crippen LogP contribution in [0.15, 0.2) is 138 Å². The van der Waals surface area contributed by atoms with Crippen molar-refractivity contribution in [2.24, 2.45) is 0 Å². The summed E-state index contributed by atoms with van der Waals surface area (Å²) in [6.07, 6.45) is 0. The largest absolute Gasteiger partial charge is 0.435 e. The van der Waals surface area contributed by atoms with Crippen molar-refractivity contribution in [3.63, 3.8) is 0 Å². The molecule has 9 rings (SSSR count). The number of rotatable bonds is 3. The lowest BCUT2D eigenvalue weighted by Crippen LogP contribution is -1.95. The van der Waals surface area contributed by atoms with Gasteiger partial charge in [0.1, 0.15) is 5.52 Å². The van der Waals surface area contributed by atoms with Gasteiger partial charge in [0.25, 0.3) is 0 Å². The van der Waals surface area contributed by atoms with E-state index in [9.17, 15) is 0 Å². The summed E-state index contributed by atoms with van der Waals surface area (Å²) in [5, 5.41) is 4.93. The number of H-pyrrole nitrogens is 1. The molecule has 0 saturated carbocycles. The first-order valence-corrected chi connectivity index (χ1v) is 13.8. The second kappa shape index (κ2) is 8.44. The summed E-state index contributed by atoms with van der Waals surface area (Å²) in [6, 6.07) is 46.7. The Labute approximate surface area is 235 Å². The summed E-state index contributed by atoms with van der Waals surface area (Å²) in [5.74, 6) is 0.632. The lowest BCUT2D eigenvalue weighted by atomic mass is 10.0. The maximum atomic E-state index is 6.38. The molecule has 0 amide bonds. The van der Waals surface area contributed by atoms with Crippen molar-refractivity contribution < 1.29 is 4.42 Å². The van der Waals surface area contributed by atoms with E-state index in [1.165, 1.54) is 32.6 Å². The van der Waals surface area contributed by atoms with Crippen LogP contribution in [-0.4, -0.2) is 14.5 Å². The van der Waals surface area contributed by atoms with E-state index < -0.39 is 0 Å². The topological polar surface area (TPSA) is 46.8 Å². The summed E-state index contributed by atoms with van der Waals surface area (Å²) in [4.78, 5) is 8.54. The van der Waals surface area contributed by atoms with Crippen molar-refractivity contribution in [2.45, 2.75) is 0 Å². The molecule has 0 spiro atoms. The fourth-order valence-corrected chi connectivity index (χ4v) is 6.33. The molecule has 0 aliphatic rings. The Morgan fingerprint density at radius 3 is 2.27 bits per heavy atom. The summed E-state index contributed by atoms with van der Waals surface area (Å²) in [7, 11) is 0. The predicted octanol–water partition coefficient (Wildman–Crippen LogP) is 9.89. The number of nitrogens with one attached hydrogen (secondary N) is 1. The van der Waals surface area contributed by atoms with Gasteiger partial charge < -0.3 is 14.0 Å². The van der Waals surface area contributed by atoms with Crippen molar-refractivity contribution in [1.82, 2.24) is 14.5 Å². The van der Waals surface area contributed by atoms with Gasteiger partial charge in [0.05, 0.1) is 16.6 Å². The summed E-state index contributed by atoms with van der Waals surface area (Å²) < 4.78 is 8.77. The van der Waals surface area contributed by atoms with Gasteiger partial charge in [0, 0.05) is 43.9 Å². The van der Waals surface area contributed by atoms with Crippen LogP contribution in [-0.2, 0) is 0 Å². The van der Waals surface area contributed by atoms with E-state index in [1.807, 2.05) is 36.4 Å².